The van der Waals surface area contributed by atoms with Gasteiger partial charge in [-0.3, -0.25) is 4.79 Å². The fourth-order valence-electron chi connectivity index (χ4n) is 1.88. The van der Waals surface area contributed by atoms with Crippen molar-refractivity contribution in [2.45, 2.75) is 32.2 Å². The van der Waals surface area contributed by atoms with Crippen LogP contribution in [0, 0.1) is 0 Å². The van der Waals surface area contributed by atoms with Crippen LogP contribution in [-0.2, 0) is 11.2 Å². The van der Waals surface area contributed by atoms with Crippen molar-refractivity contribution in [3.8, 4) is 5.75 Å². The summed E-state index contributed by atoms with van der Waals surface area (Å²) in [6.45, 7) is 2.73. The highest BCUT2D eigenvalue weighted by Crippen LogP contribution is 2.14. The van der Waals surface area contributed by atoms with Gasteiger partial charge in [-0.2, -0.15) is 0 Å². The lowest BCUT2D eigenvalue weighted by atomic mass is 10.1. The summed E-state index contributed by atoms with van der Waals surface area (Å²) >= 11 is 0. The Bertz CT molecular complexity index is 389. The molecule has 0 fully saturated rings. The second-order valence-electron chi connectivity index (χ2n) is 4.86. The topological polar surface area (TPSA) is 49.8 Å². The predicted molar refractivity (Wildman–Crippen MR) is 75.7 cm³/mol. The molecule has 0 bridgehead atoms. The number of hydrogen-bond acceptors (Lipinski definition) is 3. The van der Waals surface area contributed by atoms with Gasteiger partial charge in [0.1, 0.15) is 5.75 Å². The average Bonchev–Trinajstić information content (AvgIpc) is 2.42. The second-order valence-corrected chi connectivity index (χ2v) is 4.86. The molecular weight excluding hydrogens is 242 g/mol. The molecular formula is C15H23NO3. The maximum absolute atomic E-state index is 10.5. The molecule has 4 heteroatoms. The molecule has 0 aliphatic rings. The summed E-state index contributed by atoms with van der Waals surface area (Å²) in [5.74, 6) is 0.129. The van der Waals surface area contributed by atoms with E-state index in [-0.39, 0.29) is 6.42 Å². The summed E-state index contributed by atoms with van der Waals surface area (Å²) in [5.41, 5.74) is 1.28. The third kappa shape index (κ3) is 5.75. The number of methoxy groups -OCH3 is 1. The molecule has 4 nitrogen and oxygen atoms in total. The molecule has 1 rings (SSSR count). The van der Waals surface area contributed by atoms with E-state index in [4.69, 9.17) is 9.84 Å². The third-order valence-electron chi connectivity index (χ3n) is 3.44. The van der Waals surface area contributed by atoms with Crippen LogP contribution < -0.4 is 4.74 Å². The molecule has 1 N–H and O–H groups in total. The average molecular weight is 265 g/mol. The van der Waals surface area contributed by atoms with Crippen LogP contribution in [0.3, 0.4) is 0 Å². The molecule has 1 atom stereocenters. The van der Waals surface area contributed by atoms with Gasteiger partial charge >= 0.3 is 5.97 Å². The Morgan fingerprint density at radius 3 is 2.53 bits per heavy atom. The maximum atomic E-state index is 10.5. The van der Waals surface area contributed by atoms with Gasteiger partial charge in [0.15, 0.2) is 0 Å². The monoisotopic (exact) mass is 265 g/mol. The van der Waals surface area contributed by atoms with E-state index in [1.54, 1.807) is 7.11 Å². The van der Waals surface area contributed by atoms with Crippen molar-refractivity contribution >= 4 is 5.97 Å². The van der Waals surface area contributed by atoms with Crippen LogP contribution in [0.15, 0.2) is 24.3 Å². The van der Waals surface area contributed by atoms with Gasteiger partial charge in [0.05, 0.1) is 13.5 Å². The number of carboxylic acids is 1. The van der Waals surface area contributed by atoms with Crippen molar-refractivity contribution in [3.63, 3.8) is 0 Å². The zero-order valence-electron chi connectivity index (χ0n) is 11.9. The summed E-state index contributed by atoms with van der Waals surface area (Å²) in [5, 5.41) is 8.66. The Hall–Kier alpha value is -1.55. The van der Waals surface area contributed by atoms with Gasteiger partial charge in [-0.15, -0.1) is 0 Å². The third-order valence-corrected chi connectivity index (χ3v) is 3.44. The highest BCUT2D eigenvalue weighted by atomic mass is 16.5. The number of ether oxygens (including phenoxy) is 1. The largest absolute Gasteiger partial charge is 0.497 e. The fourth-order valence-corrected chi connectivity index (χ4v) is 1.88. The van der Waals surface area contributed by atoms with Crippen molar-refractivity contribution in [2.75, 3.05) is 20.7 Å². The molecule has 0 aliphatic heterocycles. The van der Waals surface area contributed by atoms with Crippen LogP contribution in [-0.4, -0.2) is 42.7 Å². The van der Waals surface area contributed by atoms with Crippen LogP contribution in [0.2, 0.25) is 0 Å². The number of carboxylic acid groups (broad SMARTS) is 1. The van der Waals surface area contributed by atoms with Gasteiger partial charge in [-0.25, -0.2) is 0 Å². The quantitative estimate of drug-likeness (QED) is 0.784. The number of benzene rings is 1. The Balaban J connectivity index is 2.35. The molecule has 0 aliphatic carbocycles. The van der Waals surface area contributed by atoms with E-state index in [9.17, 15) is 4.79 Å². The molecule has 1 aromatic carbocycles. The van der Waals surface area contributed by atoms with Gasteiger partial charge in [0.2, 0.25) is 0 Å². The molecule has 0 heterocycles. The van der Waals surface area contributed by atoms with Crippen LogP contribution >= 0.6 is 0 Å². The Morgan fingerprint density at radius 1 is 1.37 bits per heavy atom. The van der Waals surface area contributed by atoms with Crippen molar-refractivity contribution < 1.29 is 14.6 Å². The van der Waals surface area contributed by atoms with Gasteiger partial charge < -0.3 is 14.7 Å². The zero-order chi connectivity index (χ0) is 14.3. The minimum atomic E-state index is -0.741. The summed E-state index contributed by atoms with van der Waals surface area (Å²) in [7, 11) is 3.64. The fraction of sp³-hybridized carbons (Fsp3) is 0.533. The second kappa shape index (κ2) is 7.79. The van der Waals surface area contributed by atoms with Gasteiger partial charge in [0.25, 0.3) is 0 Å². The summed E-state index contributed by atoms with van der Waals surface area (Å²) in [6, 6.07) is 8.45. The van der Waals surface area contributed by atoms with E-state index >= 15 is 0 Å². The lowest BCUT2D eigenvalue weighted by Gasteiger charge is -2.24. The van der Waals surface area contributed by atoms with Crippen molar-refractivity contribution in [1.82, 2.24) is 4.90 Å². The molecule has 1 aromatic rings. The standard InChI is InChI=1S/C15H23NO3/c1-12(16(2)11-10-15(17)18)4-5-13-6-8-14(19-3)9-7-13/h6-9,12H,4-5,10-11H2,1-3H3,(H,17,18). The van der Waals surface area contributed by atoms with Crippen LogP contribution in [0.5, 0.6) is 5.75 Å². The first-order chi connectivity index (χ1) is 9.02. The molecule has 0 amide bonds. The van der Waals surface area contributed by atoms with E-state index in [2.05, 4.69) is 24.0 Å². The number of aryl methyl sites for hydroxylation is 1. The first-order valence-corrected chi connectivity index (χ1v) is 6.58. The molecule has 0 saturated heterocycles. The van der Waals surface area contributed by atoms with Crippen molar-refractivity contribution in [1.29, 1.82) is 0 Å². The van der Waals surface area contributed by atoms with Crippen LogP contribution in [0.25, 0.3) is 0 Å². The lowest BCUT2D eigenvalue weighted by Crippen LogP contribution is -2.31. The smallest absolute Gasteiger partial charge is 0.304 e. The Labute approximate surface area is 115 Å². The SMILES string of the molecule is COc1ccc(CCC(C)N(C)CCC(=O)O)cc1. The normalized spacial score (nSPS) is 12.4. The highest BCUT2D eigenvalue weighted by Gasteiger charge is 2.10. The van der Waals surface area contributed by atoms with E-state index in [1.807, 2.05) is 19.2 Å². The highest BCUT2D eigenvalue weighted by molar-refractivity contribution is 5.66. The number of aliphatic carboxylic acids is 1. The molecule has 0 aromatic heterocycles. The summed E-state index contributed by atoms with van der Waals surface area (Å²) < 4.78 is 5.12. The van der Waals surface area contributed by atoms with Crippen LogP contribution in [0.1, 0.15) is 25.3 Å². The van der Waals surface area contributed by atoms with Gasteiger partial charge in [-0.05, 0) is 44.5 Å². The van der Waals surface area contributed by atoms with E-state index in [0.717, 1.165) is 18.6 Å². The Morgan fingerprint density at radius 2 is 2.00 bits per heavy atom. The number of rotatable bonds is 8. The summed E-state index contributed by atoms with van der Waals surface area (Å²) in [6.07, 6.45) is 2.20. The van der Waals surface area contributed by atoms with E-state index in [0.29, 0.717) is 12.6 Å². The first kappa shape index (κ1) is 15.5. The maximum Gasteiger partial charge on any atom is 0.304 e. The van der Waals surface area contributed by atoms with Crippen molar-refractivity contribution in [2.24, 2.45) is 0 Å². The first-order valence-electron chi connectivity index (χ1n) is 6.58. The summed E-state index contributed by atoms with van der Waals surface area (Å²) in [4.78, 5) is 12.6. The number of nitrogens with zero attached hydrogens (tertiary/aromatic N) is 1. The van der Waals surface area contributed by atoms with Crippen LogP contribution in [0.4, 0.5) is 0 Å². The van der Waals surface area contributed by atoms with E-state index < -0.39 is 5.97 Å². The number of hydrogen-bond donors (Lipinski definition) is 1. The molecule has 106 valence electrons. The molecule has 0 radical (unpaired) electrons. The van der Waals surface area contributed by atoms with Crippen molar-refractivity contribution in [3.05, 3.63) is 29.8 Å². The minimum Gasteiger partial charge on any atom is -0.497 e. The molecule has 0 spiro atoms. The number of carbonyl (C=O) groups is 1. The predicted octanol–water partition coefficient (Wildman–Crippen LogP) is 2.42. The minimum absolute atomic E-state index is 0.198. The molecule has 0 saturated carbocycles. The molecule has 19 heavy (non-hydrogen) atoms. The lowest BCUT2D eigenvalue weighted by molar-refractivity contribution is -0.137. The molecule has 1 unspecified atom stereocenters. The van der Waals surface area contributed by atoms with Gasteiger partial charge in [-0.1, -0.05) is 12.1 Å². The zero-order valence-corrected chi connectivity index (χ0v) is 11.9. The Kier molecular flexibility index (Phi) is 6.36. The van der Waals surface area contributed by atoms with Gasteiger partial charge in [0, 0.05) is 12.6 Å². The van der Waals surface area contributed by atoms with E-state index in [1.165, 1.54) is 5.56 Å².